The molecule has 4 unspecified atom stereocenters. The molecule has 0 radical (unpaired) electrons. The molecule has 0 aliphatic carbocycles. The number of likely N-dealkylation sites (N-methyl/N-ethyl adjacent to an activating group) is 1. The lowest BCUT2D eigenvalue weighted by atomic mass is 9.90. The highest BCUT2D eigenvalue weighted by molar-refractivity contribution is 5.82. The van der Waals surface area contributed by atoms with Crippen LogP contribution in [0.1, 0.15) is 147 Å². The van der Waals surface area contributed by atoms with Crippen molar-refractivity contribution in [3.8, 4) is 12.3 Å². The van der Waals surface area contributed by atoms with E-state index in [4.69, 9.17) is 11.2 Å². The molecular formula is C39H81N5O5. The molecule has 0 aromatic heterocycles. The third kappa shape index (κ3) is 49.3. The molecule has 49 heavy (non-hydrogen) atoms. The van der Waals surface area contributed by atoms with Gasteiger partial charge in [-0.25, -0.2) is 4.79 Å². The molecule has 1 aliphatic heterocycles. The van der Waals surface area contributed by atoms with Gasteiger partial charge < -0.3 is 30.9 Å². The number of nitrogens with zero attached hydrogens (tertiary/aromatic N) is 1. The summed E-state index contributed by atoms with van der Waals surface area (Å²) in [5.41, 5.74) is 0. The van der Waals surface area contributed by atoms with Crippen LogP contribution in [0.3, 0.4) is 0 Å². The lowest BCUT2D eigenvalue weighted by Gasteiger charge is -2.23. The van der Waals surface area contributed by atoms with Crippen molar-refractivity contribution < 1.29 is 24.0 Å². The number of terminal acetylenes is 1. The lowest BCUT2D eigenvalue weighted by Crippen LogP contribution is -2.45. The maximum atomic E-state index is 11.8. The zero-order valence-electron chi connectivity index (χ0n) is 34.4. The van der Waals surface area contributed by atoms with Crippen LogP contribution in [0.15, 0.2) is 12.7 Å². The van der Waals surface area contributed by atoms with Gasteiger partial charge in [0.25, 0.3) is 0 Å². The molecule has 0 spiro atoms. The van der Waals surface area contributed by atoms with Crippen LogP contribution in [-0.4, -0.2) is 81.1 Å². The Bertz CT molecular complexity index is 736. The van der Waals surface area contributed by atoms with Crippen LogP contribution in [0.2, 0.25) is 0 Å². The average molecular weight is 700 g/mol. The number of nitrogens with one attached hydrogen (secondary N) is 4. The van der Waals surface area contributed by atoms with Gasteiger partial charge in [-0.1, -0.05) is 101 Å². The normalized spacial score (nSPS) is 13.5. The zero-order valence-corrected chi connectivity index (χ0v) is 34.4. The van der Waals surface area contributed by atoms with E-state index < -0.39 is 0 Å². The van der Waals surface area contributed by atoms with E-state index in [0.29, 0.717) is 13.0 Å². The summed E-state index contributed by atoms with van der Waals surface area (Å²) in [6, 6.07) is -0.387. The van der Waals surface area contributed by atoms with Crippen molar-refractivity contribution in [1.29, 1.82) is 0 Å². The van der Waals surface area contributed by atoms with Gasteiger partial charge >= 0.3 is 6.03 Å². The number of unbranched alkanes of at least 4 members (excludes halogenated alkanes) is 1. The third-order valence-corrected chi connectivity index (χ3v) is 6.05. The minimum atomic E-state index is -0.355. The highest BCUT2D eigenvalue weighted by Crippen LogP contribution is 2.18. The van der Waals surface area contributed by atoms with Crippen molar-refractivity contribution in [1.82, 2.24) is 26.2 Å². The zero-order chi connectivity index (χ0) is 39.9. The van der Waals surface area contributed by atoms with Gasteiger partial charge in [-0.3, -0.25) is 14.5 Å². The number of aldehydes is 2. The number of hydrogen-bond donors (Lipinski definition) is 4. The van der Waals surface area contributed by atoms with Crippen molar-refractivity contribution in [2.45, 2.75) is 165 Å². The second-order valence-electron chi connectivity index (χ2n) is 10.1. The molecule has 10 nitrogen and oxygen atoms in total. The second-order valence-corrected chi connectivity index (χ2v) is 10.1. The van der Waals surface area contributed by atoms with Gasteiger partial charge in [-0.15, -0.1) is 18.9 Å². The van der Waals surface area contributed by atoms with Crippen LogP contribution in [-0.2, 0) is 19.2 Å². The SMILES string of the molecule is C#CCCC(C)NC(=O)C1CCCN1C.C=CCNC=O.CC.CC.CC.CC=O.CCC.CCCCC(CCC)C(C=O)NC(=O)NC. The fourth-order valence-electron chi connectivity index (χ4n) is 3.91. The van der Waals surface area contributed by atoms with E-state index in [1.165, 1.54) is 13.3 Å². The number of urea groups is 1. The average Bonchev–Trinajstić information content (AvgIpc) is 3.56. The summed E-state index contributed by atoms with van der Waals surface area (Å²) in [5.74, 6) is 3.00. The Morgan fingerprint density at radius 1 is 0.959 bits per heavy atom. The molecule has 4 atom stereocenters. The number of likely N-dealkylation sites (tertiary alicyclic amines) is 1. The van der Waals surface area contributed by atoms with Crippen LogP contribution in [0.25, 0.3) is 0 Å². The molecule has 1 rings (SSSR count). The standard InChI is InChI=1S/C12H24N2O2.C12H20N2O.C4H7NO.C3H8.C2H4O.3C2H6/c1-4-6-8-10(7-5-2)11(9-15)14-12(16)13-3;1-4-5-7-10(2)13-12(15)11-8-6-9-14(11)3;1-2-3-5-4-6;1-3-2;1-2-3;3*1-2/h9-11H,4-8H2,1-3H3,(H2,13,14,16);1,10-11H,5-9H2,2-3H3,(H,13,15);2,4H,1,3H2,(H,5,6);3H2,1-2H3;2H,1H3;3*1-2H3. The van der Waals surface area contributed by atoms with Crippen LogP contribution < -0.4 is 21.3 Å². The van der Waals surface area contributed by atoms with E-state index in [1.54, 1.807) is 13.1 Å². The van der Waals surface area contributed by atoms with Crippen molar-refractivity contribution in [3.63, 3.8) is 0 Å². The van der Waals surface area contributed by atoms with E-state index >= 15 is 0 Å². The van der Waals surface area contributed by atoms with Crippen molar-refractivity contribution in [2.24, 2.45) is 5.92 Å². The number of rotatable bonds is 15. The first-order valence-electron chi connectivity index (χ1n) is 18.6. The van der Waals surface area contributed by atoms with Gasteiger partial charge in [0, 0.05) is 26.1 Å². The largest absolute Gasteiger partial charge is 0.355 e. The molecule has 1 saturated heterocycles. The molecule has 292 valence electrons. The third-order valence-electron chi connectivity index (χ3n) is 6.05. The fourth-order valence-corrected chi connectivity index (χ4v) is 3.91. The lowest BCUT2D eigenvalue weighted by molar-refractivity contribution is -0.125. The van der Waals surface area contributed by atoms with E-state index in [-0.39, 0.29) is 36.0 Å². The van der Waals surface area contributed by atoms with Gasteiger partial charge in [0.15, 0.2) is 0 Å². The minimum absolute atomic E-state index is 0.0679. The summed E-state index contributed by atoms with van der Waals surface area (Å²) in [4.78, 5) is 54.3. The molecular weight excluding hydrogens is 618 g/mol. The summed E-state index contributed by atoms with van der Waals surface area (Å²) in [5, 5.41) is 10.6. The van der Waals surface area contributed by atoms with E-state index in [2.05, 4.69) is 66.4 Å². The monoisotopic (exact) mass is 700 g/mol. The van der Waals surface area contributed by atoms with Gasteiger partial charge in [-0.05, 0) is 65.5 Å². The van der Waals surface area contributed by atoms with Gasteiger partial charge in [0.05, 0.1) is 12.1 Å². The van der Waals surface area contributed by atoms with Crippen LogP contribution in [0, 0.1) is 18.3 Å². The number of carbonyl (C=O) groups excluding carboxylic acids is 5. The Hall–Kier alpha value is -3.19. The first-order valence-corrected chi connectivity index (χ1v) is 18.6. The first kappa shape index (κ1) is 61.1. The number of hydrogen-bond acceptors (Lipinski definition) is 6. The summed E-state index contributed by atoms with van der Waals surface area (Å²) in [6.45, 7) is 28.9. The predicted octanol–water partition coefficient (Wildman–Crippen LogP) is 7.71. The van der Waals surface area contributed by atoms with Gasteiger partial charge in [-0.2, -0.15) is 0 Å². The quantitative estimate of drug-likeness (QED) is 0.0599. The Kier molecular flexibility index (Phi) is 71.2. The van der Waals surface area contributed by atoms with Gasteiger partial charge in [0.1, 0.15) is 12.6 Å². The van der Waals surface area contributed by atoms with E-state index in [9.17, 15) is 19.2 Å². The Morgan fingerprint density at radius 3 is 1.82 bits per heavy atom. The smallest absolute Gasteiger partial charge is 0.315 e. The molecule has 0 aromatic rings. The summed E-state index contributed by atoms with van der Waals surface area (Å²) < 4.78 is 0. The van der Waals surface area contributed by atoms with Crippen LogP contribution >= 0.6 is 0 Å². The van der Waals surface area contributed by atoms with Crippen LogP contribution in [0.5, 0.6) is 0 Å². The Morgan fingerprint density at radius 2 is 1.49 bits per heavy atom. The Labute approximate surface area is 304 Å². The molecule has 0 aromatic carbocycles. The first-order chi connectivity index (χ1) is 23.6. The fraction of sp³-hybridized carbons (Fsp3) is 0.769. The molecule has 4 N–H and O–H groups in total. The molecule has 1 heterocycles. The topological polar surface area (TPSA) is 137 Å². The van der Waals surface area contributed by atoms with E-state index in [1.807, 2.05) is 55.5 Å². The maximum absolute atomic E-state index is 11.8. The van der Waals surface area contributed by atoms with Gasteiger partial charge in [0.2, 0.25) is 12.3 Å². The summed E-state index contributed by atoms with van der Waals surface area (Å²) in [7, 11) is 3.56. The molecule has 1 aliphatic rings. The summed E-state index contributed by atoms with van der Waals surface area (Å²) >= 11 is 0. The highest BCUT2D eigenvalue weighted by Gasteiger charge is 2.28. The molecule has 0 bridgehead atoms. The minimum Gasteiger partial charge on any atom is -0.355 e. The second kappa shape index (κ2) is 57.1. The summed E-state index contributed by atoms with van der Waals surface area (Å²) in [6.07, 6.45) is 19.2. The van der Waals surface area contributed by atoms with Crippen LogP contribution in [0.4, 0.5) is 4.79 Å². The number of carbonyl (C=O) groups is 5. The Balaban J connectivity index is -0.0000000977. The van der Waals surface area contributed by atoms with Crippen molar-refractivity contribution in [2.75, 3.05) is 27.2 Å². The van der Waals surface area contributed by atoms with E-state index in [0.717, 1.165) is 76.9 Å². The van der Waals surface area contributed by atoms with Crippen molar-refractivity contribution in [3.05, 3.63) is 12.7 Å². The highest BCUT2D eigenvalue weighted by atomic mass is 16.2. The predicted molar refractivity (Wildman–Crippen MR) is 213 cm³/mol. The maximum Gasteiger partial charge on any atom is 0.315 e. The molecule has 1 fully saturated rings. The van der Waals surface area contributed by atoms with Crippen molar-refractivity contribution >= 4 is 30.9 Å². The molecule has 4 amide bonds. The molecule has 0 saturated carbocycles. The number of amides is 4. The molecule has 10 heteroatoms.